The average molecular weight is 433 g/mol. The van der Waals surface area contributed by atoms with E-state index >= 15 is 0 Å². The maximum Gasteiger partial charge on any atom is 0.243 e. The predicted molar refractivity (Wildman–Crippen MR) is 91.8 cm³/mol. The van der Waals surface area contributed by atoms with E-state index < -0.39 is 10.0 Å². The number of nitrogens with zero attached hydrogens (tertiary/aromatic N) is 1. The third-order valence-electron chi connectivity index (χ3n) is 3.14. The highest BCUT2D eigenvalue weighted by Gasteiger charge is 2.23. The Morgan fingerprint density at radius 3 is 2.38 bits per heavy atom. The smallest absolute Gasteiger partial charge is 0.207 e. The molecule has 0 aliphatic heterocycles. The fourth-order valence-corrected chi connectivity index (χ4v) is 4.52. The van der Waals surface area contributed by atoms with Gasteiger partial charge in [0.25, 0.3) is 0 Å². The largest absolute Gasteiger partial charge is 0.243 e. The van der Waals surface area contributed by atoms with E-state index in [4.69, 9.17) is 0 Å². The lowest BCUT2D eigenvalue weighted by Gasteiger charge is -2.18. The number of halogens is 2. The molecule has 0 unspecified atom stereocenters. The first kappa shape index (κ1) is 16.7. The summed E-state index contributed by atoms with van der Waals surface area (Å²) in [6.45, 7) is 0.436. The Hall–Kier alpha value is -0.690. The van der Waals surface area contributed by atoms with Gasteiger partial charge in [-0.15, -0.1) is 0 Å². The quantitative estimate of drug-likeness (QED) is 0.713. The van der Waals surface area contributed by atoms with Gasteiger partial charge in [-0.3, -0.25) is 0 Å². The van der Waals surface area contributed by atoms with Crippen LogP contribution in [0.1, 0.15) is 5.56 Å². The van der Waals surface area contributed by atoms with Crippen LogP contribution >= 0.6 is 31.9 Å². The maximum absolute atomic E-state index is 12.6. The van der Waals surface area contributed by atoms with E-state index in [2.05, 4.69) is 31.9 Å². The lowest BCUT2D eigenvalue weighted by Crippen LogP contribution is -2.29. The first-order valence-electron chi connectivity index (χ1n) is 6.36. The summed E-state index contributed by atoms with van der Waals surface area (Å²) in [5, 5.41) is 0. The number of sulfonamides is 1. The molecular formula is C15H15Br2NO2S. The Morgan fingerprint density at radius 1 is 1.05 bits per heavy atom. The molecule has 0 atom stereocenters. The van der Waals surface area contributed by atoms with Gasteiger partial charge in [0.2, 0.25) is 10.0 Å². The third kappa shape index (κ3) is 4.16. The molecule has 2 aromatic rings. The molecule has 112 valence electrons. The van der Waals surface area contributed by atoms with Gasteiger partial charge in [0.05, 0.1) is 4.90 Å². The molecule has 0 amide bonds. The fourth-order valence-electron chi connectivity index (χ4n) is 1.89. The second-order valence-electron chi connectivity index (χ2n) is 4.64. The van der Waals surface area contributed by atoms with Crippen molar-refractivity contribution in [2.24, 2.45) is 0 Å². The van der Waals surface area contributed by atoms with Crippen molar-refractivity contribution in [3.05, 3.63) is 63.0 Å². The van der Waals surface area contributed by atoms with Crippen LogP contribution in [0.4, 0.5) is 0 Å². The van der Waals surface area contributed by atoms with Crippen molar-refractivity contribution in [3.8, 4) is 0 Å². The van der Waals surface area contributed by atoms with E-state index in [0.717, 1.165) is 10.0 Å². The summed E-state index contributed by atoms with van der Waals surface area (Å²) in [6, 6.07) is 15.0. The molecule has 0 saturated heterocycles. The van der Waals surface area contributed by atoms with Crippen molar-refractivity contribution >= 4 is 41.9 Å². The summed E-state index contributed by atoms with van der Waals surface area (Å²) < 4.78 is 27.9. The fraction of sp³-hybridized carbons (Fsp3) is 0.200. The average Bonchev–Trinajstić information content (AvgIpc) is 2.48. The molecule has 0 spiro atoms. The molecule has 0 aromatic heterocycles. The molecule has 0 heterocycles. The summed E-state index contributed by atoms with van der Waals surface area (Å²) >= 11 is 6.61. The molecule has 6 heteroatoms. The molecule has 0 fully saturated rings. The van der Waals surface area contributed by atoms with E-state index in [1.54, 1.807) is 25.2 Å². The molecule has 21 heavy (non-hydrogen) atoms. The Bertz CT molecular complexity index is 718. The standard InChI is InChI=1S/C15H15Br2NO2S/c1-18(10-9-12-5-3-2-4-6-12)21(19,20)15-11-13(16)7-8-14(15)17/h2-8,11H,9-10H2,1H3. The van der Waals surface area contributed by atoms with Crippen molar-refractivity contribution in [3.63, 3.8) is 0 Å². The van der Waals surface area contributed by atoms with Crippen molar-refractivity contribution in [2.45, 2.75) is 11.3 Å². The summed E-state index contributed by atoms with van der Waals surface area (Å²) in [6.07, 6.45) is 0.683. The van der Waals surface area contributed by atoms with Crippen LogP contribution in [0.5, 0.6) is 0 Å². The topological polar surface area (TPSA) is 37.4 Å². The third-order valence-corrected chi connectivity index (χ3v) is 6.48. The molecule has 2 rings (SSSR count). The van der Waals surface area contributed by atoms with E-state index in [9.17, 15) is 8.42 Å². The van der Waals surface area contributed by atoms with Crippen LogP contribution in [0.25, 0.3) is 0 Å². The van der Waals surface area contributed by atoms with Crippen LogP contribution in [0.3, 0.4) is 0 Å². The van der Waals surface area contributed by atoms with Gasteiger partial charge in [-0.1, -0.05) is 46.3 Å². The summed E-state index contributed by atoms with van der Waals surface area (Å²) in [7, 11) is -1.90. The Balaban J connectivity index is 2.17. The van der Waals surface area contributed by atoms with Crippen molar-refractivity contribution in [1.29, 1.82) is 0 Å². The number of hydrogen-bond acceptors (Lipinski definition) is 2. The lowest BCUT2D eigenvalue weighted by molar-refractivity contribution is 0.472. The molecule has 0 N–H and O–H groups in total. The zero-order chi connectivity index (χ0) is 15.5. The van der Waals surface area contributed by atoms with Crippen LogP contribution in [-0.2, 0) is 16.4 Å². The highest BCUT2D eigenvalue weighted by atomic mass is 79.9. The van der Waals surface area contributed by atoms with Gasteiger partial charge in [0.15, 0.2) is 0 Å². The van der Waals surface area contributed by atoms with E-state index in [1.165, 1.54) is 4.31 Å². The van der Waals surface area contributed by atoms with Crippen molar-refractivity contribution in [2.75, 3.05) is 13.6 Å². The molecule has 0 bridgehead atoms. The second kappa shape index (κ2) is 7.05. The molecule has 0 aliphatic rings. The summed E-state index contributed by atoms with van der Waals surface area (Å²) in [5.41, 5.74) is 1.12. The first-order chi connectivity index (χ1) is 9.91. The van der Waals surface area contributed by atoms with Gasteiger partial charge in [0.1, 0.15) is 0 Å². The van der Waals surface area contributed by atoms with E-state index in [-0.39, 0.29) is 4.90 Å². The molecule has 3 nitrogen and oxygen atoms in total. The van der Waals surface area contributed by atoms with Crippen molar-refractivity contribution < 1.29 is 8.42 Å². The zero-order valence-electron chi connectivity index (χ0n) is 11.5. The molecular weight excluding hydrogens is 418 g/mol. The molecule has 0 radical (unpaired) electrons. The number of likely N-dealkylation sites (N-methyl/N-ethyl adjacent to an activating group) is 1. The minimum absolute atomic E-state index is 0.271. The van der Waals surface area contributed by atoms with Gasteiger partial charge >= 0.3 is 0 Å². The van der Waals surface area contributed by atoms with Gasteiger partial charge in [0, 0.05) is 22.5 Å². The minimum atomic E-state index is -3.51. The highest BCUT2D eigenvalue weighted by Crippen LogP contribution is 2.27. The second-order valence-corrected chi connectivity index (χ2v) is 8.42. The maximum atomic E-state index is 12.6. The van der Waals surface area contributed by atoms with Crippen LogP contribution < -0.4 is 0 Å². The number of rotatable bonds is 5. The highest BCUT2D eigenvalue weighted by molar-refractivity contribution is 9.11. The van der Waals surface area contributed by atoms with Crippen molar-refractivity contribution in [1.82, 2.24) is 4.31 Å². The SMILES string of the molecule is CN(CCc1ccccc1)S(=O)(=O)c1cc(Br)ccc1Br. The Morgan fingerprint density at radius 2 is 1.71 bits per heavy atom. The number of hydrogen-bond donors (Lipinski definition) is 0. The zero-order valence-corrected chi connectivity index (χ0v) is 15.4. The van der Waals surface area contributed by atoms with Crippen LogP contribution in [0, 0.1) is 0 Å². The molecule has 2 aromatic carbocycles. The monoisotopic (exact) mass is 431 g/mol. The Kier molecular flexibility index (Phi) is 5.60. The number of benzene rings is 2. The van der Waals surface area contributed by atoms with Crippen LogP contribution in [-0.4, -0.2) is 26.3 Å². The lowest BCUT2D eigenvalue weighted by atomic mass is 10.2. The Labute approximate surface area is 142 Å². The molecule has 0 aliphatic carbocycles. The predicted octanol–water partition coefficient (Wildman–Crippen LogP) is 4.07. The van der Waals surface area contributed by atoms with Gasteiger partial charge in [-0.05, 0) is 46.1 Å². The summed E-state index contributed by atoms with van der Waals surface area (Å²) in [5.74, 6) is 0. The van der Waals surface area contributed by atoms with Gasteiger partial charge in [-0.2, -0.15) is 0 Å². The normalized spacial score (nSPS) is 11.8. The van der Waals surface area contributed by atoms with Crippen LogP contribution in [0.2, 0.25) is 0 Å². The summed E-state index contributed by atoms with van der Waals surface area (Å²) in [4.78, 5) is 0.271. The van der Waals surface area contributed by atoms with E-state index in [0.29, 0.717) is 17.4 Å². The van der Waals surface area contributed by atoms with Crippen LogP contribution in [0.15, 0.2) is 62.4 Å². The molecule has 0 saturated carbocycles. The minimum Gasteiger partial charge on any atom is -0.207 e. The first-order valence-corrected chi connectivity index (χ1v) is 9.39. The van der Waals surface area contributed by atoms with E-state index in [1.807, 2.05) is 30.3 Å². The van der Waals surface area contributed by atoms with Gasteiger partial charge in [-0.25, -0.2) is 12.7 Å². The van der Waals surface area contributed by atoms with Gasteiger partial charge < -0.3 is 0 Å².